The summed E-state index contributed by atoms with van der Waals surface area (Å²) in [7, 11) is 0. The monoisotopic (exact) mass is 628 g/mol. The van der Waals surface area contributed by atoms with Gasteiger partial charge in [0.2, 0.25) is 5.91 Å². The van der Waals surface area contributed by atoms with Crippen LogP contribution < -0.4 is 16.8 Å². The van der Waals surface area contributed by atoms with E-state index >= 15 is 0 Å². The number of hydrogen-bond acceptors (Lipinski definition) is 10. The standard InChI is InChI=1S/C24H26Cl2N6O4S3/c1-2-31-17(28)9-16(27)29-24(31)37-7-3-4-12-10-39-22-19(21(34)32(22)20(12)23(35)36)30-18(33)11-38-15-8-13(25)5-6-14(15)26/h3-6,8-9,19,22,24H,2,7,10-11,28H2,1H3,(H2,27,29)(H,30,33)(H,35,36)/b4-3+/t19-,22-,24?/m1/s1. The molecule has 4 rings (SSSR count). The molecule has 3 aliphatic heterocycles. The molecule has 39 heavy (non-hydrogen) atoms. The Morgan fingerprint density at radius 2 is 2.10 bits per heavy atom. The molecule has 15 heteroatoms. The molecule has 0 radical (unpaired) electrons. The van der Waals surface area contributed by atoms with E-state index in [4.69, 9.17) is 34.7 Å². The molecule has 2 amide bonds. The van der Waals surface area contributed by atoms with Gasteiger partial charge in [-0.1, -0.05) is 35.4 Å². The molecule has 1 aromatic rings. The molecule has 3 heterocycles. The first kappa shape index (κ1) is 29.5. The van der Waals surface area contributed by atoms with Gasteiger partial charge in [-0.25, -0.2) is 9.79 Å². The van der Waals surface area contributed by atoms with Gasteiger partial charge in [0.25, 0.3) is 5.91 Å². The van der Waals surface area contributed by atoms with E-state index in [1.54, 1.807) is 30.4 Å². The number of hydrogen-bond donors (Lipinski definition) is 4. The van der Waals surface area contributed by atoms with E-state index in [2.05, 4.69) is 10.3 Å². The van der Waals surface area contributed by atoms with Crippen LogP contribution in [-0.2, 0) is 14.4 Å². The maximum atomic E-state index is 12.9. The molecule has 1 saturated heterocycles. The first-order chi connectivity index (χ1) is 18.6. The minimum Gasteiger partial charge on any atom is -0.477 e. The molecule has 1 unspecified atom stereocenters. The lowest BCUT2D eigenvalue weighted by molar-refractivity contribution is -0.150. The Morgan fingerprint density at radius 1 is 1.33 bits per heavy atom. The van der Waals surface area contributed by atoms with Crippen molar-refractivity contribution in [2.75, 3.05) is 23.8 Å². The van der Waals surface area contributed by atoms with Crippen LogP contribution >= 0.6 is 58.5 Å². The van der Waals surface area contributed by atoms with Gasteiger partial charge in [0.05, 0.1) is 10.8 Å². The largest absolute Gasteiger partial charge is 0.477 e. The van der Waals surface area contributed by atoms with Gasteiger partial charge in [-0.3, -0.25) is 14.5 Å². The van der Waals surface area contributed by atoms with Crippen molar-refractivity contribution in [2.45, 2.75) is 28.7 Å². The number of aliphatic carboxylic acids is 1. The number of β-lactam (4-membered cyclic amide) rings is 1. The minimum absolute atomic E-state index is 0.0299. The lowest BCUT2D eigenvalue weighted by Gasteiger charge is -2.49. The second-order valence-electron chi connectivity index (χ2n) is 8.47. The fourth-order valence-electron chi connectivity index (χ4n) is 4.11. The van der Waals surface area contributed by atoms with Gasteiger partial charge in [0, 0.05) is 34.0 Å². The lowest BCUT2D eigenvalue weighted by Crippen LogP contribution is -2.70. The number of thioether (sulfide) groups is 3. The number of aliphatic imine (C=N–C) groups is 1. The summed E-state index contributed by atoms with van der Waals surface area (Å²) in [5, 5.41) is 13.1. The van der Waals surface area contributed by atoms with Crippen LogP contribution in [0.5, 0.6) is 0 Å². The third kappa shape index (κ3) is 6.65. The van der Waals surface area contributed by atoms with Crippen molar-refractivity contribution in [1.29, 1.82) is 0 Å². The number of nitrogens with two attached hydrogens (primary N) is 2. The highest BCUT2D eigenvalue weighted by Gasteiger charge is 2.53. The first-order valence-electron chi connectivity index (χ1n) is 11.7. The Morgan fingerprint density at radius 3 is 2.82 bits per heavy atom. The fraction of sp³-hybridized carbons (Fsp3) is 0.333. The highest BCUT2D eigenvalue weighted by atomic mass is 35.5. The maximum absolute atomic E-state index is 12.9. The summed E-state index contributed by atoms with van der Waals surface area (Å²) in [5.74, 6) is -0.189. The van der Waals surface area contributed by atoms with Gasteiger partial charge in [-0.05, 0) is 30.7 Å². The van der Waals surface area contributed by atoms with E-state index in [1.165, 1.54) is 40.2 Å². The number of carbonyl (C=O) groups is 3. The van der Waals surface area contributed by atoms with E-state index in [1.807, 2.05) is 17.9 Å². The summed E-state index contributed by atoms with van der Waals surface area (Å²) in [6.07, 6.45) is 5.17. The molecule has 10 nitrogen and oxygen atoms in total. The lowest BCUT2D eigenvalue weighted by atomic mass is 10.0. The van der Waals surface area contributed by atoms with Crippen LogP contribution in [0.4, 0.5) is 0 Å². The van der Waals surface area contributed by atoms with Crippen LogP contribution in [0.15, 0.2) is 63.4 Å². The van der Waals surface area contributed by atoms with Crippen LogP contribution in [0.25, 0.3) is 0 Å². The number of nitrogens with zero attached hydrogens (tertiary/aromatic N) is 3. The Balaban J connectivity index is 1.36. The van der Waals surface area contributed by atoms with Crippen LogP contribution in [0.1, 0.15) is 6.92 Å². The van der Waals surface area contributed by atoms with Crippen LogP contribution in [0.3, 0.4) is 0 Å². The molecular weight excluding hydrogens is 603 g/mol. The number of amides is 2. The molecule has 0 aromatic heterocycles. The highest BCUT2D eigenvalue weighted by molar-refractivity contribution is 8.00. The second kappa shape index (κ2) is 12.8. The van der Waals surface area contributed by atoms with Crippen molar-refractivity contribution < 1.29 is 19.5 Å². The molecule has 0 spiro atoms. The minimum atomic E-state index is -1.20. The number of allylic oxidation sites excluding steroid dienone is 1. The molecule has 0 aliphatic carbocycles. The molecule has 0 bridgehead atoms. The van der Waals surface area contributed by atoms with E-state index in [-0.39, 0.29) is 22.9 Å². The van der Waals surface area contributed by atoms with Gasteiger partial charge >= 0.3 is 5.97 Å². The van der Waals surface area contributed by atoms with Gasteiger partial charge in [0.15, 0.2) is 5.50 Å². The predicted octanol–water partition coefficient (Wildman–Crippen LogP) is 2.89. The van der Waals surface area contributed by atoms with Crippen molar-refractivity contribution >= 4 is 82.1 Å². The number of halogens is 2. The van der Waals surface area contributed by atoms with E-state index < -0.39 is 23.3 Å². The Kier molecular flexibility index (Phi) is 9.70. The second-order valence-corrected chi connectivity index (χ2v) is 12.5. The van der Waals surface area contributed by atoms with E-state index in [0.717, 1.165) is 0 Å². The van der Waals surface area contributed by atoms with Crippen molar-refractivity contribution in [1.82, 2.24) is 15.1 Å². The summed E-state index contributed by atoms with van der Waals surface area (Å²) in [5.41, 5.74) is 12.0. The zero-order chi connectivity index (χ0) is 28.3. The number of fused-ring (bicyclic) bond motifs is 1. The van der Waals surface area contributed by atoms with E-state index in [9.17, 15) is 19.5 Å². The van der Waals surface area contributed by atoms with Crippen LogP contribution in [0.2, 0.25) is 10.0 Å². The smallest absolute Gasteiger partial charge is 0.352 e. The molecule has 3 aliphatic rings. The third-order valence-electron chi connectivity index (χ3n) is 5.92. The fourth-order valence-corrected chi connectivity index (χ4v) is 7.76. The van der Waals surface area contributed by atoms with Gasteiger partial charge in [0.1, 0.15) is 28.8 Å². The van der Waals surface area contributed by atoms with Gasteiger partial charge in [-0.15, -0.1) is 35.3 Å². The quantitative estimate of drug-likeness (QED) is 0.224. The average molecular weight is 630 g/mol. The number of nitrogens with one attached hydrogen (secondary N) is 1. The molecular formula is C24H26Cl2N6O4S3. The molecule has 6 N–H and O–H groups in total. The highest BCUT2D eigenvalue weighted by Crippen LogP contribution is 2.41. The SMILES string of the molecule is CCN1C(N)=CC(N)=NC1SC/C=C/C1=C(C(=O)O)N2C(=O)[C@@H](NC(=O)CSc3cc(Cl)ccc3Cl)[C@H]2SC1. The maximum Gasteiger partial charge on any atom is 0.352 e. The van der Waals surface area contributed by atoms with Crippen molar-refractivity contribution in [2.24, 2.45) is 16.5 Å². The summed E-state index contributed by atoms with van der Waals surface area (Å²) in [4.78, 5) is 45.8. The predicted molar refractivity (Wildman–Crippen MR) is 159 cm³/mol. The number of carboxylic acid groups (broad SMARTS) is 1. The zero-order valence-corrected chi connectivity index (χ0v) is 24.6. The molecule has 3 atom stereocenters. The van der Waals surface area contributed by atoms with Crippen molar-refractivity contribution in [3.63, 3.8) is 0 Å². The Bertz CT molecular complexity index is 1300. The van der Waals surface area contributed by atoms with Crippen molar-refractivity contribution in [3.05, 3.63) is 63.6 Å². The molecule has 0 saturated carbocycles. The first-order valence-corrected chi connectivity index (χ1v) is 15.6. The molecule has 1 aromatic carbocycles. The van der Waals surface area contributed by atoms with Crippen LogP contribution in [-0.4, -0.2) is 79.2 Å². The number of benzene rings is 1. The van der Waals surface area contributed by atoms with Crippen molar-refractivity contribution in [3.8, 4) is 0 Å². The van der Waals surface area contributed by atoms with Gasteiger partial charge in [-0.2, -0.15) is 0 Å². The Hall–Kier alpha value is -2.45. The summed E-state index contributed by atoms with van der Waals surface area (Å²) < 4.78 is 0. The van der Waals surface area contributed by atoms with E-state index in [0.29, 0.717) is 50.2 Å². The number of amidine groups is 1. The average Bonchev–Trinajstić information content (AvgIpc) is 2.89. The summed E-state index contributed by atoms with van der Waals surface area (Å²) in [6, 6.07) is 4.16. The number of carboxylic acids is 1. The normalized spacial score (nSPS) is 22.8. The Labute approximate surface area is 248 Å². The van der Waals surface area contributed by atoms with Gasteiger partial charge < -0.3 is 26.8 Å². The summed E-state index contributed by atoms with van der Waals surface area (Å²) in [6.45, 7) is 2.63. The number of rotatable bonds is 10. The zero-order valence-electron chi connectivity index (χ0n) is 20.7. The summed E-state index contributed by atoms with van der Waals surface area (Å²) >= 11 is 16.2. The third-order valence-corrected chi connectivity index (χ3v) is 10.0. The topological polar surface area (TPSA) is 154 Å². The molecule has 208 valence electrons. The van der Waals surface area contributed by atoms with Crippen LogP contribution in [0, 0.1) is 0 Å². The molecule has 1 fully saturated rings. The number of carbonyl (C=O) groups excluding carboxylic acids is 2.